The van der Waals surface area contributed by atoms with E-state index in [1.54, 1.807) is 0 Å². The maximum Gasteiger partial charge on any atom is 0.231 e. The van der Waals surface area contributed by atoms with Crippen molar-refractivity contribution in [2.45, 2.75) is 20.4 Å². The first kappa shape index (κ1) is 13.2. The van der Waals surface area contributed by atoms with Crippen molar-refractivity contribution in [2.75, 3.05) is 19.9 Å². The molecular formula is C14H21NO3. The summed E-state index contributed by atoms with van der Waals surface area (Å²) in [6.45, 7) is 6.40. The fraction of sp³-hybridized carbons (Fsp3) is 0.571. The quantitative estimate of drug-likeness (QED) is 0.809. The van der Waals surface area contributed by atoms with E-state index >= 15 is 0 Å². The van der Waals surface area contributed by atoms with Crippen LogP contribution in [0.15, 0.2) is 18.2 Å². The lowest BCUT2D eigenvalue weighted by molar-refractivity contribution is 0.174. The molecule has 100 valence electrons. The number of aliphatic hydroxyl groups excluding tert-OH is 1. The third kappa shape index (κ3) is 3.15. The minimum atomic E-state index is 0.228. The molecule has 4 nitrogen and oxygen atoms in total. The molecule has 4 heteroatoms. The van der Waals surface area contributed by atoms with Crippen molar-refractivity contribution >= 4 is 0 Å². The van der Waals surface area contributed by atoms with Crippen molar-refractivity contribution in [1.29, 1.82) is 0 Å². The predicted molar refractivity (Wildman–Crippen MR) is 69.7 cm³/mol. The highest BCUT2D eigenvalue weighted by Crippen LogP contribution is 2.32. The molecule has 1 aliphatic rings. The van der Waals surface area contributed by atoms with E-state index in [0.717, 1.165) is 24.6 Å². The van der Waals surface area contributed by atoms with Crippen LogP contribution < -0.4 is 14.8 Å². The molecule has 0 amide bonds. The molecule has 0 saturated heterocycles. The minimum absolute atomic E-state index is 0.228. The lowest BCUT2D eigenvalue weighted by Crippen LogP contribution is -2.28. The molecule has 18 heavy (non-hydrogen) atoms. The van der Waals surface area contributed by atoms with E-state index in [1.165, 1.54) is 5.56 Å². The maximum atomic E-state index is 9.24. The average molecular weight is 251 g/mol. The molecular weight excluding hydrogens is 230 g/mol. The van der Waals surface area contributed by atoms with Crippen LogP contribution in [0.4, 0.5) is 0 Å². The van der Waals surface area contributed by atoms with Crippen LogP contribution in [0.1, 0.15) is 19.4 Å². The number of ether oxygens (including phenoxy) is 2. The largest absolute Gasteiger partial charge is 0.454 e. The summed E-state index contributed by atoms with van der Waals surface area (Å²) >= 11 is 0. The van der Waals surface area contributed by atoms with Crippen LogP contribution in [-0.2, 0) is 6.54 Å². The van der Waals surface area contributed by atoms with Crippen molar-refractivity contribution < 1.29 is 14.6 Å². The summed E-state index contributed by atoms with van der Waals surface area (Å²) in [4.78, 5) is 0. The monoisotopic (exact) mass is 251 g/mol. The second-order valence-electron chi connectivity index (χ2n) is 5.01. The summed E-state index contributed by atoms with van der Waals surface area (Å²) in [6, 6.07) is 5.97. The molecule has 0 bridgehead atoms. The van der Waals surface area contributed by atoms with Gasteiger partial charge in [0.15, 0.2) is 11.5 Å². The van der Waals surface area contributed by atoms with Crippen LogP contribution in [0.25, 0.3) is 0 Å². The molecule has 1 unspecified atom stereocenters. The molecule has 1 atom stereocenters. The summed E-state index contributed by atoms with van der Waals surface area (Å²) in [6.07, 6.45) is 0. The lowest BCUT2D eigenvalue weighted by atomic mass is 9.97. The Bertz CT molecular complexity index is 393. The van der Waals surface area contributed by atoms with E-state index in [-0.39, 0.29) is 6.61 Å². The molecule has 2 N–H and O–H groups in total. The van der Waals surface area contributed by atoms with Crippen LogP contribution in [-0.4, -0.2) is 25.1 Å². The van der Waals surface area contributed by atoms with Gasteiger partial charge in [-0.2, -0.15) is 0 Å². The first-order valence-electron chi connectivity index (χ1n) is 6.41. The Morgan fingerprint density at radius 1 is 1.28 bits per heavy atom. The molecule has 1 aromatic rings. The van der Waals surface area contributed by atoms with Gasteiger partial charge in [0.05, 0.1) is 0 Å². The number of nitrogens with one attached hydrogen (secondary N) is 1. The number of hydrogen-bond acceptors (Lipinski definition) is 4. The molecule has 0 fully saturated rings. The zero-order valence-corrected chi connectivity index (χ0v) is 11.0. The van der Waals surface area contributed by atoms with Gasteiger partial charge in [0.25, 0.3) is 0 Å². The normalized spacial score (nSPS) is 15.1. The van der Waals surface area contributed by atoms with Gasteiger partial charge < -0.3 is 19.9 Å². The van der Waals surface area contributed by atoms with Gasteiger partial charge in [-0.05, 0) is 29.5 Å². The van der Waals surface area contributed by atoms with Gasteiger partial charge in [-0.3, -0.25) is 0 Å². The summed E-state index contributed by atoms with van der Waals surface area (Å²) in [7, 11) is 0. The molecule has 0 aromatic heterocycles. The Kier molecular flexibility index (Phi) is 4.44. The SMILES string of the molecule is CC(C)C(CO)CNCc1ccc2c(c1)OCO2. The topological polar surface area (TPSA) is 50.7 Å². The number of rotatable bonds is 6. The van der Waals surface area contributed by atoms with Crippen LogP contribution in [0.2, 0.25) is 0 Å². The molecule has 1 aliphatic heterocycles. The Balaban J connectivity index is 1.83. The zero-order valence-electron chi connectivity index (χ0n) is 11.0. The highest BCUT2D eigenvalue weighted by atomic mass is 16.7. The first-order chi connectivity index (χ1) is 8.70. The van der Waals surface area contributed by atoms with E-state index in [4.69, 9.17) is 9.47 Å². The molecule has 1 heterocycles. The fourth-order valence-corrected chi connectivity index (χ4v) is 1.96. The second-order valence-corrected chi connectivity index (χ2v) is 5.01. The Morgan fingerprint density at radius 2 is 2.06 bits per heavy atom. The number of hydrogen-bond donors (Lipinski definition) is 2. The van der Waals surface area contributed by atoms with E-state index in [2.05, 4.69) is 19.2 Å². The number of benzene rings is 1. The average Bonchev–Trinajstić information content (AvgIpc) is 2.81. The molecule has 0 spiro atoms. The standard InChI is InChI=1S/C14H21NO3/c1-10(2)12(8-16)7-15-6-11-3-4-13-14(5-11)18-9-17-13/h3-5,10,12,15-16H,6-9H2,1-2H3. The minimum Gasteiger partial charge on any atom is -0.454 e. The predicted octanol–water partition coefficient (Wildman–Crippen LogP) is 1.77. The number of aliphatic hydroxyl groups is 1. The highest BCUT2D eigenvalue weighted by molar-refractivity contribution is 5.44. The van der Waals surface area contributed by atoms with Gasteiger partial charge in [0, 0.05) is 19.7 Å². The molecule has 1 aromatic carbocycles. The van der Waals surface area contributed by atoms with Gasteiger partial charge in [-0.25, -0.2) is 0 Å². The van der Waals surface area contributed by atoms with Gasteiger partial charge in [-0.15, -0.1) is 0 Å². The van der Waals surface area contributed by atoms with Crippen molar-refractivity contribution in [3.63, 3.8) is 0 Å². The van der Waals surface area contributed by atoms with Crippen molar-refractivity contribution in [3.05, 3.63) is 23.8 Å². The van der Waals surface area contributed by atoms with E-state index in [1.807, 2.05) is 18.2 Å². The van der Waals surface area contributed by atoms with Gasteiger partial charge in [0.2, 0.25) is 6.79 Å². The van der Waals surface area contributed by atoms with Crippen LogP contribution >= 0.6 is 0 Å². The Hall–Kier alpha value is -1.26. The van der Waals surface area contributed by atoms with Crippen LogP contribution in [0, 0.1) is 11.8 Å². The second kappa shape index (κ2) is 6.07. The van der Waals surface area contributed by atoms with Crippen molar-refractivity contribution in [1.82, 2.24) is 5.32 Å². The van der Waals surface area contributed by atoms with Crippen LogP contribution in [0.5, 0.6) is 11.5 Å². The molecule has 2 rings (SSSR count). The maximum absolute atomic E-state index is 9.24. The van der Waals surface area contributed by atoms with Gasteiger partial charge in [0.1, 0.15) is 0 Å². The van der Waals surface area contributed by atoms with Gasteiger partial charge in [-0.1, -0.05) is 19.9 Å². The first-order valence-corrected chi connectivity index (χ1v) is 6.41. The third-order valence-electron chi connectivity index (χ3n) is 3.35. The Labute approximate surface area is 108 Å². The van der Waals surface area contributed by atoms with Gasteiger partial charge >= 0.3 is 0 Å². The van der Waals surface area contributed by atoms with E-state index in [0.29, 0.717) is 18.6 Å². The smallest absolute Gasteiger partial charge is 0.231 e. The van der Waals surface area contributed by atoms with Crippen LogP contribution in [0.3, 0.4) is 0 Å². The lowest BCUT2D eigenvalue weighted by Gasteiger charge is -2.18. The van der Waals surface area contributed by atoms with Crippen molar-refractivity contribution in [3.8, 4) is 11.5 Å². The summed E-state index contributed by atoms with van der Waals surface area (Å²) in [5.41, 5.74) is 1.17. The third-order valence-corrected chi connectivity index (χ3v) is 3.35. The highest BCUT2D eigenvalue weighted by Gasteiger charge is 2.14. The summed E-state index contributed by atoms with van der Waals surface area (Å²) < 4.78 is 10.6. The summed E-state index contributed by atoms with van der Waals surface area (Å²) in [5, 5.41) is 12.6. The number of fused-ring (bicyclic) bond motifs is 1. The molecule has 0 aliphatic carbocycles. The zero-order chi connectivity index (χ0) is 13.0. The fourth-order valence-electron chi connectivity index (χ4n) is 1.96. The van der Waals surface area contributed by atoms with Crippen molar-refractivity contribution in [2.24, 2.45) is 11.8 Å². The summed E-state index contributed by atoms with van der Waals surface area (Å²) in [5.74, 6) is 2.42. The van der Waals surface area contributed by atoms with E-state index in [9.17, 15) is 5.11 Å². The molecule has 0 radical (unpaired) electrons. The van der Waals surface area contributed by atoms with E-state index < -0.39 is 0 Å². The Morgan fingerprint density at radius 3 is 2.78 bits per heavy atom. The molecule has 0 saturated carbocycles.